The fourth-order valence-electron chi connectivity index (χ4n) is 1.44. The summed E-state index contributed by atoms with van der Waals surface area (Å²) in [7, 11) is 1.44. The SMILES string of the molecule is COc1cc([N+](=O)[O-])cnc1-n1cncc1C. The molecule has 2 aromatic heterocycles. The number of hydrogen-bond acceptors (Lipinski definition) is 5. The molecule has 0 aliphatic rings. The Balaban J connectivity index is 2.56. The molecule has 0 unspecified atom stereocenters. The zero-order valence-electron chi connectivity index (χ0n) is 9.32. The van der Waals surface area contributed by atoms with E-state index < -0.39 is 4.92 Å². The van der Waals surface area contributed by atoms with Crippen molar-refractivity contribution in [3.05, 3.63) is 40.6 Å². The van der Waals surface area contributed by atoms with Gasteiger partial charge in [0.05, 0.1) is 18.1 Å². The lowest BCUT2D eigenvalue weighted by molar-refractivity contribution is -0.385. The van der Waals surface area contributed by atoms with E-state index in [1.54, 1.807) is 17.1 Å². The first-order valence-electron chi connectivity index (χ1n) is 4.81. The van der Waals surface area contributed by atoms with Crippen LogP contribution in [0.4, 0.5) is 5.69 Å². The van der Waals surface area contributed by atoms with Crippen molar-refractivity contribution in [2.75, 3.05) is 7.11 Å². The van der Waals surface area contributed by atoms with Gasteiger partial charge in [0.15, 0.2) is 11.6 Å². The molecule has 0 N–H and O–H groups in total. The Morgan fingerprint density at radius 3 is 2.76 bits per heavy atom. The van der Waals surface area contributed by atoms with Crippen LogP contribution in [0.5, 0.6) is 5.75 Å². The van der Waals surface area contributed by atoms with Gasteiger partial charge in [0, 0.05) is 11.9 Å². The summed E-state index contributed by atoms with van der Waals surface area (Å²) in [5.74, 6) is 0.813. The van der Waals surface area contributed by atoms with E-state index in [1.807, 2.05) is 6.92 Å². The molecule has 2 aromatic rings. The van der Waals surface area contributed by atoms with Crippen molar-refractivity contribution in [3.63, 3.8) is 0 Å². The minimum Gasteiger partial charge on any atom is -0.493 e. The smallest absolute Gasteiger partial charge is 0.291 e. The highest BCUT2D eigenvalue weighted by atomic mass is 16.6. The molecule has 0 bridgehead atoms. The fraction of sp³-hybridized carbons (Fsp3) is 0.200. The van der Waals surface area contributed by atoms with Gasteiger partial charge in [-0.15, -0.1) is 0 Å². The number of nitrogens with zero attached hydrogens (tertiary/aromatic N) is 4. The van der Waals surface area contributed by atoms with Crippen LogP contribution < -0.4 is 4.74 Å². The normalized spacial score (nSPS) is 10.2. The van der Waals surface area contributed by atoms with Crippen LogP contribution in [-0.2, 0) is 0 Å². The minimum absolute atomic E-state index is 0.108. The summed E-state index contributed by atoms with van der Waals surface area (Å²) >= 11 is 0. The van der Waals surface area contributed by atoms with Crippen LogP contribution in [0.15, 0.2) is 24.8 Å². The van der Waals surface area contributed by atoms with Crippen molar-refractivity contribution < 1.29 is 9.66 Å². The Hall–Kier alpha value is -2.44. The Labute approximate surface area is 96.8 Å². The highest BCUT2D eigenvalue weighted by Crippen LogP contribution is 2.25. The number of methoxy groups -OCH3 is 1. The molecule has 0 aromatic carbocycles. The number of ether oxygens (including phenoxy) is 1. The molecule has 0 radical (unpaired) electrons. The first kappa shape index (κ1) is 11.1. The van der Waals surface area contributed by atoms with Gasteiger partial charge in [-0.3, -0.25) is 14.7 Å². The number of pyridine rings is 1. The quantitative estimate of drug-likeness (QED) is 0.593. The van der Waals surface area contributed by atoms with Gasteiger partial charge in [-0.1, -0.05) is 0 Å². The second kappa shape index (κ2) is 4.20. The summed E-state index contributed by atoms with van der Waals surface area (Å²) < 4.78 is 6.80. The molecule has 88 valence electrons. The van der Waals surface area contributed by atoms with E-state index in [2.05, 4.69) is 9.97 Å². The second-order valence-corrected chi connectivity index (χ2v) is 3.38. The van der Waals surface area contributed by atoms with Gasteiger partial charge >= 0.3 is 0 Å². The van der Waals surface area contributed by atoms with E-state index in [0.717, 1.165) is 5.69 Å². The molecule has 0 spiro atoms. The number of rotatable bonds is 3. The van der Waals surface area contributed by atoms with Crippen molar-refractivity contribution in [1.82, 2.24) is 14.5 Å². The highest BCUT2D eigenvalue weighted by Gasteiger charge is 2.14. The maximum atomic E-state index is 10.6. The number of hydrogen-bond donors (Lipinski definition) is 0. The maximum Gasteiger partial charge on any atom is 0.291 e. The summed E-state index contributed by atoms with van der Waals surface area (Å²) in [6.45, 7) is 1.86. The van der Waals surface area contributed by atoms with Crippen molar-refractivity contribution in [1.29, 1.82) is 0 Å². The van der Waals surface area contributed by atoms with E-state index in [0.29, 0.717) is 11.6 Å². The van der Waals surface area contributed by atoms with Gasteiger partial charge in [0.1, 0.15) is 12.5 Å². The molecule has 7 heteroatoms. The molecule has 0 saturated heterocycles. The van der Waals surface area contributed by atoms with Gasteiger partial charge in [-0.2, -0.15) is 0 Å². The van der Waals surface area contributed by atoms with Gasteiger partial charge in [-0.05, 0) is 6.92 Å². The lowest BCUT2D eigenvalue weighted by Gasteiger charge is -2.08. The zero-order chi connectivity index (χ0) is 12.4. The van der Waals surface area contributed by atoms with Gasteiger partial charge in [-0.25, -0.2) is 9.97 Å². The van der Waals surface area contributed by atoms with Crippen LogP contribution in [0.25, 0.3) is 5.82 Å². The molecular formula is C10H10N4O3. The zero-order valence-corrected chi connectivity index (χ0v) is 9.32. The fourth-order valence-corrected chi connectivity index (χ4v) is 1.44. The monoisotopic (exact) mass is 234 g/mol. The van der Waals surface area contributed by atoms with Crippen LogP contribution >= 0.6 is 0 Å². The molecule has 0 aliphatic carbocycles. The maximum absolute atomic E-state index is 10.6. The molecule has 0 amide bonds. The molecule has 0 atom stereocenters. The average Bonchev–Trinajstić information content (AvgIpc) is 2.74. The van der Waals surface area contributed by atoms with Crippen molar-refractivity contribution in [2.24, 2.45) is 0 Å². The Morgan fingerprint density at radius 1 is 1.47 bits per heavy atom. The summed E-state index contributed by atoms with van der Waals surface area (Å²) in [4.78, 5) is 18.1. The number of aryl methyl sites for hydroxylation is 1. The predicted octanol–water partition coefficient (Wildman–Crippen LogP) is 1.49. The third-order valence-corrected chi connectivity index (χ3v) is 2.30. The van der Waals surface area contributed by atoms with Crippen molar-refractivity contribution in [2.45, 2.75) is 6.92 Å². The van der Waals surface area contributed by atoms with Gasteiger partial charge in [0.2, 0.25) is 0 Å². The third kappa shape index (κ3) is 1.94. The first-order chi connectivity index (χ1) is 8.13. The largest absolute Gasteiger partial charge is 0.493 e. The summed E-state index contributed by atoms with van der Waals surface area (Å²) in [5, 5.41) is 10.6. The lowest BCUT2D eigenvalue weighted by atomic mass is 10.3. The number of aromatic nitrogens is 3. The van der Waals surface area contributed by atoms with Crippen LogP contribution in [-0.4, -0.2) is 26.6 Å². The number of imidazole rings is 1. The molecule has 0 aliphatic heterocycles. The van der Waals surface area contributed by atoms with E-state index in [1.165, 1.54) is 19.4 Å². The summed E-state index contributed by atoms with van der Waals surface area (Å²) in [6, 6.07) is 1.34. The number of nitro groups is 1. The van der Waals surface area contributed by atoms with E-state index in [4.69, 9.17) is 4.74 Å². The van der Waals surface area contributed by atoms with E-state index >= 15 is 0 Å². The van der Waals surface area contributed by atoms with E-state index in [-0.39, 0.29) is 5.69 Å². The van der Waals surface area contributed by atoms with Gasteiger partial charge < -0.3 is 4.74 Å². The minimum atomic E-state index is -0.514. The van der Waals surface area contributed by atoms with Crippen molar-refractivity contribution >= 4 is 5.69 Å². The first-order valence-corrected chi connectivity index (χ1v) is 4.81. The predicted molar refractivity (Wildman–Crippen MR) is 59.3 cm³/mol. The average molecular weight is 234 g/mol. The van der Waals surface area contributed by atoms with E-state index in [9.17, 15) is 10.1 Å². The van der Waals surface area contributed by atoms with Crippen LogP contribution in [0.3, 0.4) is 0 Å². The molecule has 2 rings (SSSR count). The standard InChI is InChI=1S/C10H10N4O3/c1-7-4-11-6-13(7)10-9(17-2)3-8(5-12-10)14(15)16/h3-6H,1-2H3. The lowest BCUT2D eigenvalue weighted by Crippen LogP contribution is -2.02. The van der Waals surface area contributed by atoms with Crippen LogP contribution in [0.1, 0.15) is 5.69 Å². The molecule has 0 saturated carbocycles. The summed E-state index contributed by atoms with van der Waals surface area (Å²) in [5.41, 5.74) is 0.757. The molecule has 7 nitrogen and oxygen atoms in total. The van der Waals surface area contributed by atoms with Gasteiger partial charge in [0.25, 0.3) is 5.69 Å². The molecule has 0 fully saturated rings. The van der Waals surface area contributed by atoms with Crippen LogP contribution in [0.2, 0.25) is 0 Å². The van der Waals surface area contributed by atoms with Crippen LogP contribution in [0, 0.1) is 17.0 Å². The molecular weight excluding hydrogens is 224 g/mol. The molecule has 2 heterocycles. The topological polar surface area (TPSA) is 83.1 Å². The third-order valence-electron chi connectivity index (χ3n) is 2.30. The highest BCUT2D eigenvalue weighted by molar-refractivity contribution is 5.47. The summed E-state index contributed by atoms with van der Waals surface area (Å²) in [6.07, 6.45) is 4.44. The molecule has 17 heavy (non-hydrogen) atoms. The van der Waals surface area contributed by atoms with Crippen molar-refractivity contribution in [3.8, 4) is 11.6 Å². The Morgan fingerprint density at radius 2 is 2.24 bits per heavy atom. The Kier molecular flexibility index (Phi) is 2.73. The second-order valence-electron chi connectivity index (χ2n) is 3.38. The Bertz CT molecular complexity index is 564.